The van der Waals surface area contributed by atoms with Gasteiger partial charge in [0.1, 0.15) is 18.2 Å². The summed E-state index contributed by atoms with van der Waals surface area (Å²) in [6.45, 7) is 2.23. The van der Waals surface area contributed by atoms with Crippen molar-refractivity contribution >= 4 is 5.78 Å². The lowest BCUT2D eigenvalue weighted by Gasteiger charge is -2.16. The fourth-order valence-corrected chi connectivity index (χ4v) is 2.65. The Labute approximate surface area is 123 Å². The van der Waals surface area contributed by atoms with Crippen molar-refractivity contribution in [3.8, 4) is 5.75 Å². The molecule has 2 aromatic rings. The number of benzene rings is 2. The molecule has 2 nitrogen and oxygen atoms in total. The van der Waals surface area contributed by atoms with Crippen molar-refractivity contribution < 1.29 is 13.9 Å². The second-order valence-corrected chi connectivity index (χ2v) is 5.46. The van der Waals surface area contributed by atoms with Crippen molar-refractivity contribution in [2.75, 3.05) is 0 Å². The summed E-state index contributed by atoms with van der Waals surface area (Å²) >= 11 is 0. The van der Waals surface area contributed by atoms with Crippen LogP contribution in [0.15, 0.2) is 36.4 Å². The average Bonchev–Trinajstić information content (AvgIpc) is 2.49. The normalized spacial score (nSPS) is 13.9. The number of aryl methyl sites for hydroxylation is 2. The molecule has 0 atom stereocenters. The molecule has 0 spiro atoms. The van der Waals surface area contributed by atoms with E-state index in [9.17, 15) is 9.18 Å². The first-order valence-corrected chi connectivity index (χ1v) is 7.17. The molecule has 1 aliphatic rings. The lowest BCUT2D eigenvalue weighted by molar-refractivity contribution is 0.0972. The molecule has 0 aromatic heterocycles. The predicted molar refractivity (Wildman–Crippen MR) is 79.2 cm³/mol. The van der Waals surface area contributed by atoms with Crippen LogP contribution >= 0.6 is 0 Å². The smallest absolute Gasteiger partial charge is 0.163 e. The molecule has 3 heteroatoms. The number of hydrogen-bond acceptors (Lipinski definition) is 2. The molecule has 0 unspecified atom stereocenters. The molecule has 108 valence electrons. The Morgan fingerprint density at radius 1 is 1.14 bits per heavy atom. The fourth-order valence-electron chi connectivity index (χ4n) is 2.65. The monoisotopic (exact) mass is 284 g/mol. The van der Waals surface area contributed by atoms with E-state index >= 15 is 0 Å². The third kappa shape index (κ3) is 2.97. The fraction of sp³-hybridized carbons (Fsp3) is 0.278. The van der Waals surface area contributed by atoms with Crippen LogP contribution in [0.1, 0.15) is 39.9 Å². The van der Waals surface area contributed by atoms with Gasteiger partial charge in [-0.15, -0.1) is 0 Å². The first kappa shape index (κ1) is 13.8. The molecule has 0 saturated heterocycles. The van der Waals surface area contributed by atoms with Crippen LogP contribution < -0.4 is 4.74 Å². The van der Waals surface area contributed by atoms with Crippen LogP contribution in [0.3, 0.4) is 0 Å². The molecular formula is C18H17FO2. The summed E-state index contributed by atoms with van der Waals surface area (Å²) in [4.78, 5) is 11.9. The zero-order chi connectivity index (χ0) is 14.8. The van der Waals surface area contributed by atoms with Gasteiger partial charge in [0.2, 0.25) is 0 Å². The van der Waals surface area contributed by atoms with E-state index < -0.39 is 0 Å². The first-order chi connectivity index (χ1) is 10.1. The SMILES string of the molecule is Cc1ccc(F)cc1COc1ccc2c(c1)C(=O)CCC2. The number of rotatable bonds is 3. The van der Waals surface area contributed by atoms with E-state index in [1.807, 2.05) is 25.1 Å². The molecule has 3 rings (SSSR count). The van der Waals surface area contributed by atoms with E-state index in [2.05, 4.69) is 0 Å². The largest absolute Gasteiger partial charge is 0.489 e. The van der Waals surface area contributed by atoms with Crippen molar-refractivity contribution in [3.05, 3.63) is 64.5 Å². The molecule has 0 saturated carbocycles. The molecule has 0 heterocycles. The van der Waals surface area contributed by atoms with Crippen molar-refractivity contribution in [2.45, 2.75) is 32.8 Å². The first-order valence-electron chi connectivity index (χ1n) is 7.17. The van der Waals surface area contributed by atoms with E-state index in [0.717, 1.165) is 35.1 Å². The van der Waals surface area contributed by atoms with Gasteiger partial charge in [0.25, 0.3) is 0 Å². The number of fused-ring (bicyclic) bond motifs is 1. The summed E-state index contributed by atoms with van der Waals surface area (Å²) < 4.78 is 19.0. The van der Waals surface area contributed by atoms with Gasteiger partial charge in [-0.05, 0) is 60.7 Å². The molecule has 0 radical (unpaired) electrons. The zero-order valence-electron chi connectivity index (χ0n) is 12.0. The van der Waals surface area contributed by atoms with Crippen LogP contribution in [-0.4, -0.2) is 5.78 Å². The van der Waals surface area contributed by atoms with Gasteiger partial charge in [-0.1, -0.05) is 12.1 Å². The number of hydrogen-bond donors (Lipinski definition) is 0. The van der Waals surface area contributed by atoms with Gasteiger partial charge in [-0.2, -0.15) is 0 Å². The second-order valence-electron chi connectivity index (χ2n) is 5.46. The number of Topliss-reactive ketones (excluding diaryl/α,β-unsaturated/α-hetero) is 1. The Bertz CT molecular complexity index is 692. The predicted octanol–water partition coefficient (Wildman–Crippen LogP) is 4.23. The summed E-state index contributed by atoms with van der Waals surface area (Å²) in [5.41, 5.74) is 3.68. The number of halogens is 1. The van der Waals surface area contributed by atoms with E-state index in [1.165, 1.54) is 12.1 Å². The van der Waals surface area contributed by atoms with Crippen LogP contribution in [0, 0.1) is 12.7 Å². The van der Waals surface area contributed by atoms with Crippen molar-refractivity contribution in [2.24, 2.45) is 0 Å². The highest BCUT2D eigenvalue weighted by Gasteiger charge is 2.17. The van der Waals surface area contributed by atoms with Crippen LogP contribution in [0.4, 0.5) is 4.39 Å². The molecule has 1 aliphatic carbocycles. The molecule has 0 aliphatic heterocycles. The van der Waals surface area contributed by atoms with Gasteiger partial charge < -0.3 is 4.74 Å². The molecular weight excluding hydrogens is 267 g/mol. The maximum Gasteiger partial charge on any atom is 0.163 e. The van der Waals surface area contributed by atoms with E-state index in [-0.39, 0.29) is 11.6 Å². The highest BCUT2D eigenvalue weighted by Crippen LogP contribution is 2.26. The molecule has 0 N–H and O–H groups in total. The highest BCUT2D eigenvalue weighted by molar-refractivity contribution is 5.98. The molecule has 0 fully saturated rings. The molecule has 0 amide bonds. The Morgan fingerprint density at radius 2 is 2.00 bits per heavy atom. The standard InChI is InChI=1S/C18H17FO2/c1-12-5-7-15(19)9-14(12)11-21-16-8-6-13-3-2-4-18(20)17(13)10-16/h5-10H,2-4,11H2,1H3. The Balaban J connectivity index is 1.78. The number of ketones is 1. The maximum absolute atomic E-state index is 13.2. The van der Waals surface area contributed by atoms with Gasteiger partial charge in [0.05, 0.1) is 0 Å². The van der Waals surface area contributed by atoms with Crippen LogP contribution in [-0.2, 0) is 13.0 Å². The van der Waals surface area contributed by atoms with Crippen molar-refractivity contribution in [1.82, 2.24) is 0 Å². The van der Waals surface area contributed by atoms with Gasteiger partial charge in [-0.25, -0.2) is 4.39 Å². The molecule has 21 heavy (non-hydrogen) atoms. The Hall–Kier alpha value is -2.16. The van der Waals surface area contributed by atoms with Gasteiger partial charge in [-0.3, -0.25) is 4.79 Å². The quantitative estimate of drug-likeness (QED) is 0.843. The van der Waals surface area contributed by atoms with Crippen molar-refractivity contribution in [3.63, 3.8) is 0 Å². The summed E-state index contributed by atoms with van der Waals surface area (Å²) in [5, 5.41) is 0. The lowest BCUT2D eigenvalue weighted by Crippen LogP contribution is -2.11. The minimum atomic E-state index is -0.264. The number of ether oxygens (including phenoxy) is 1. The van der Waals surface area contributed by atoms with E-state index in [1.54, 1.807) is 6.07 Å². The number of carbonyl (C=O) groups excluding carboxylic acids is 1. The third-order valence-electron chi connectivity index (χ3n) is 3.94. The lowest BCUT2D eigenvalue weighted by atomic mass is 9.90. The highest BCUT2D eigenvalue weighted by atomic mass is 19.1. The molecule has 0 bridgehead atoms. The van der Waals surface area contributed by atoms with Crippen LogP contribution in [0.25, 0.3) is 0 Å². The Morgan fingerprint density at radius 3 is 2.86 bits per heavy atom. The van der Waals surface area contributed by atoms with Gasteiger partial charge in [0.15, 0.2) is 5.78 Å². The van der Waals surface area contributed by atoms with E-state index in [0.29, 0.717) is 18.8 Å². The molecule has 2 aromatic carbocycles. The third-order valence-corrected chi connectivity index (χ3v) is 3.94. The summed E-state index contributed by atoms with van der Waals surface area (Å²) in [7, 11) is 0. The van der Waals surface area contributed by atoms with Crippen LogP contribution in [0.2, 0.25) is 0 Å². The summed E-state index contributed by atoms with van der Waals surface area (Å²) in [6.07, 6.45) is 2.48. The van der Waals surface area contributed by atoms with E-state index in [4.69, 9.17) is 4.74 Å². The zero-order valence-corrected chi connectivity index (χ0v) is 12.0. The topological polar surface area (TPSA) is 26.3 Å². The average molecular weight is 284 g/mol. The minimum absolute atomic E-state index is 0.184. The number of carbonyl (C=O) groups is 1. The minimum Gasteiger partial charge on any atom is -0.489 e. The summed E-state index contributed by atoms with van der Waals surface area (Å²) in [5.74, 6) is 0.580. The summed E-state index contributed by atoms with van der Waals surface area (Å²) in [6, 6.07) is 10.3. The van der Waals surface area contributed by atoms with Gasteiger partial charge in [0, 0.05) is 12.0 Å². The van der Waals surface area contributed by atoms with Crippen molar-refractivity contribution in [1.29, 1.82) is 0 Å². The van der Waals surface area contributed by atoms with Crippen LogP contribution in [0.5, 0.6) is 5.75 Å². The maximum atomic E-state index is 13.2. The second kappa shape index (κ2) is 5.68. The Kier molecular flexibility index (Phi) is 3.74. The van der Waals surface area contributed by atoms with Gasteiger partial charge >= 0.3 is 0 Å².